The van der Waals surface area contributed by atoms with Crippen LogP contribution in [0, 0.1) is 0 Å². The maximum Gasteiger partial charge on any atom is 0.136 e. The van der Waals surface area contributed by atoms with Crippen LogP contribution < -0.4 is 4.74 Å². The Morgan fingerprint density at radius 1 is 0.850 bits per heavy atom. The van der Waals surface area contributed by atoms with Gasteiger partial charge in [0.25, 0.3) is 0 Å². The lowest BCUT2D eigenvalue weighted by molar-refractivity contribution is 0.140. The number of rotatable bonds is 7. The van der Waals surface area contributed by atoms with Crippen LogP contribution in [0.15, 0.2) is 60.7 Å². The van der Waals surface area contributed by atoms with Crippen molar-refractivity contribution in [1.82, 2.24) is 4.90 Å². The molecule has 0 fully saturated rings. The first-order chi connectivity index (χ1) is 9.83. The molecule has 0 amide bonds. The molecular weight excluding hydrogens is 246 g/mol. The van der Waals surface area contributed by atoms with Crippen molar-refractivity contribution in [3.63, 3.8) is 0 Å². The van der Waals surface area contributed by atoms with Gasteiger partial charge in [-0.25, -0.2) is 0 Å². The molecule has 0 aliphatic rings. The van der Waals surface area contributed by atoms with E-state index >= 15 is 0 Å². The molecule has 20 heavy (non-hydrogen) atoms. The number of hydrogen-bond acceptors (Lipinski definition) is 2. The van der Waals surface area contributed by atoms with E-state index in [9.17, 15) is 0 Å². The molecule has 0 saturated heterocycles. The minimum atomic E-state index is 0.0681. The van der Waals surface area contributed by atoms with Crippen LogP contribution in [0.1, 0.15) is 25.5 Å². The maximum atomic E-state index is 6.19. The molecule has 0 N–H and O–H groups in total. The minimum Gasteiger partial charge on any atom is -0.484 e. The molecule has 2 rings (SSSR count). The van der Waals surface area contributed by atoms with E-state index in [4.69, 9.17) is 4.74 Å². The van der Waals surface area contributed by atoms with E-state index in [1.165, 1.54) is 5.56 Å². The molecule has 2 aromatic carbocycles. The van der Waals surface area contributed by atoms with Gasteiger partial charge in [0.2, 0.25) is 0 Å². The average Bonchev–Trinajstić information content (AvgIpc) is 2.53. The lowest BCUT2D eigenvalue weighted by Gasteiger charge is -2.26. The van der Waals surface area contributed by atoms with Gasteiger partial charge in [-0.2, -0.15) is 0 Å². The van der Waals surface area contributed by atoms with Gasteiger partial charge < -0.3 is 4.74 Å². The van der Waals surface area contributed by atoms with Crippen LogP contribution in [0.25, 0.3) is 0 Å². The molecule has 0 saturated carbocycles. The van der Waals surface area contributed by atoms with Gasteiger partial charge in [-0.15, -0.1) is 0 Å². The molecule has 0 heterocycles. The summed E-state index contributed by atoms with van der Waals surface area (Å²) in [7, 11) is 0. The molecular formula is C18H23NO. The minimum absolute atomic E-state index is 0.0681. The maximum absolute atomic E-state index is 6.19. The first-order valence-corrected chi connectivity index (χ1v) is 7.32. The van der Waals surface area contributed by atoms with Crippen molar-refractivity contribution >= 4 is 0 Å². The van der Waals surface area contributed by atoms with E-state index < -0.39 is 0 Å². The quantitative estimate of drug-likeness (QED) is 0.748. The summed E-state index contributed by atoms with van der Waals surface area (Å²) >= 11 is 0. The molecule has 2 aromatic rings. The van der Waals surface area contributed by atoms with Crippen LogP contribution in [-0.2, 0) is 0 Å². The van der Waals surface area contributed by atoms with Crippen molar-refractivity contribution in [3.8, 4) is 5.75 Å². The van der Waals surface area contributed by atoms with Gasteiger partial charge in [0, 0.05) is 6.54 Å². The standard InChI is InChI=1S/C18H23NO/c1-3-19(4-2)15-18(16-11-7-5-8-12-16)20-17-13-9-6-10-14-17/h5-14,18H,3-4,15H2,1-2H3. The fourth-order valence-electron chi connectivity index (χ4n) is 2.26. The second-order valence-electron chi connectivity index (χ2n) is 4.82. The van der Waals surface area contributed by atoms with Crippen molar-refractivity contribution in [1.29, 1.82) is 0 Å². The van der Waals surface area contributed by atoms with Gasteiger partial charge >= 0.3 is 0 Å². The molecule has 0 aliphatic carbocycles. The molecule has 2 heteroatoms. The highest BCUT2D eigenvalue weighted by molar-refractivity contribution is 5.24. The summed E-state index contributed by atoms with van der Waals surface area (Å²) in [5, 5.41) is 0. The molecule has 1 atom stereocenters. The third kappa shape index (κ3) is 4.10. The van der Waals surface area contributed by atoms with Crippen LogP contribution in [-0.4, -0.2) is 24.5 Å². The Hall–Kier alpha value is -1.80. The SMILES string of the molecule is CCN(CC)CC(Oc1ccccc1)c1ccccc1. The highest BCUT2D eigenvalue weighted by Crippen LogP contribution is 2.22. The van der Waals surface area contributed by atoms with Crippen LogP contribution in [0.3, 0.4) is 0 Å². The summed E-state index contributed by atoms with van der Waals surface area (Å²) in [4.78, 5) is 2.39. The number of benzene rings is 2. The zero-order valence-corrected chi connectivity index (χ0v) is 12.3. The van der Waals surface area contributed by atoms with Crippen LogP contribution in [0.4, 0.5) is 0 Å². The Bertz CT molecular complexity index is 479. The summed E-state index contributed by atoms with van der Waals surface area (Å²) in [6.07, 6.45) is 0.0681. The summed E-state index contributed by atoms with van der Waals surface area (Å²) in [5.74, 6) is 0.925. The summed E-state index contributed by atoms with van der Waals surface area (Å²) < 4.78 is 6.19. The van der Waals surface area contributed by atoms with Crippen molar-refractivity contribution in [2.45, 2.75) is 20.0 Å². The Balaban J connectivity index is 2.16. The number of para-hydroxylation sites is 1. The average molecular weight is 269 g/mol. The van der Waals surface area contributed by atoms with Gasteiger partial charge in [-0.1, -0.05) is 62.4 Å². The predicted molar refractivity (Wildman–Crippen MR) is 84.0 cm³/mol. The largest absolute Gasteiger partial charge is 0.484 e. The predicted octanol–water partition coefficient (Wildman–Crippen LogP) is 4.15. The lowest BCUT2D eigenvalue weighted by atomic mass is 10.1. The third-order valence-corrected chi connectivity index (χ3v) is 3.51. The number of nitrogens with zero attached hydrogens (tertiary/aromatic N) is 1. The number of hydrogen-bond donors (Lipinski definition) is 0. The zero-order chi connectivity index (χ0) is 14.2. The molecule has 0 bridgehead atoms. The van der Waals surface area contributed by atoms with Crippen LogP contribution >= 0.6 is 0 Å². The van der Waals surface area contributed by atoms with E-state index in [0.29, 0.717) is 0 Å². The van der Waals surface area contributed by atoms with Crippen molar-refractivity contribution in [2.75, 3.05) is 19.6 Å². The van der Waals surface area contributed by atoms with Crippen LogP contribution in [0.5, 0.6) is 5.75 Å². The number of ether oxygens (including phenoxy) is 1. The van der Waals surface area contributed by atoms with E-state index in [2.05, 4.69) is 43.0 Å². The Morgan fingerprint density at radius 3 is 1.95 bits per heavy atom. The zero-order valence-electron chi connectivity index (χ0n) is 12.3. The molecule has 0 aliphatic heterocycles. The van der Waals surface area contributed by atoms with Gasteiger partial charge in [0.15, 0.2) is 0 Å². The van der Waals surface area contributed by atoms with Crippen molar-refractivity contribution in [3.05, 3.63) is 66.2 Å². The highest BCUT2D eigenvalue weighted by Gasteiger charge is 2.16. The molecule has 0 aromatic heterocycles. The first-order valence-electron chi connectivity index (χ1n) is 7.32. The van der Waals surface area contributed by atoms with Gasteiger partial charge in [0.1, 0.15) is 11.9 Å². The Morgan fingerprint density at radius 2 is 1.40 bits per heavy atom. The lowest BCUT2D eigenvalue weighted by Crippen LogP contribution is -2.30. The molecule has 0 radical (unpaired) electrons. The van der Waals surface area contributed by atoms with Crippen molar-refractivity contribution < 1.29 is 4.74 Å². The summed E-state index contributed by atoms with van der Waals surface area (Å²) in [5.41, 5.74) is 1.23. The van der Waals surface area contributed by atoms with Crippen LogP contribution in [0.2, 0.25) is 0 Å². The monoisotopic (exact) mass is 269 g/mol. The fraction of sp³-hybridized carbons (Fsp3) is 0.333. The normalized spacial score (nSPS) is 12.3. The Kier molecular flexibility index (Phi) is 5.63. The second-order valence-corrected chi connectivity index (χ2v) is 4.82. The molecule has 2 nitrogen and oxygen atoms in total. The highest BCUT2D eigenvalue weighted by atomic mass is 16.5. The van der Waals surface area contributed by atoms with Crippen molar-refractivity contribution in [2.24, 2.45) is 0 Å². The summed E-state index contributed by atoms with van der Waals surface area (Å²) in [6, 6.07) is 20.5. The fourth-order valence-corrected chi connectivity index (χ4v) is 2.26. The molecule has 106 valence electrons. The summed E-state index contributed by atoms with van der Waals surface area (Å²) in [6.45, 7) is 7.37. The molecule has 1 unspecified atom stereocenters. The van der Waals surface area contributed by atoms with E-state index in [0.717, 1.165) is 25.4 Å². The smallest absolute Gasteiger partial charge is 0.136 e. The first kappa shape index (κ1) is 14.6. The third-order valence-electron chi connectivity index (χ3n) is 3.51. The second kappa shape index (κ2) is 7.71. The Labute approximate surface area is 122 Å². The van der Waals surface area contributed by atoms with Gasteiger partial charge in [-0.3, -0.25) is 4.90 Å². The number of likely N-dealkylation sites (N-methyl/N-ethyl adjacent to an activating group) is 1. The van der Waals surface area contributed by atoms with E-state index in [-0.39, 0.29) is 6.10 Å². The van der Waals surface area contributed by atoms with Gasteiger partial charge in [0.05, 0.1) is 0 Å². The van der Waals surface area contributed by atoms with E-state index in [1.54, 1.807) is 0 Å². The topological polar surface area (TPSA) is 12.5 Å². The molecule has 0 spiro atoms. The van der Waals surface area contributed by atoms with E-state index in [1.807, 2.05) is 36.4 Å². The van der Waals surface area contributed by atoms with Gasteiger partial charge in [-0.05, 0) is 30.8 Å².